The Morgan fingerprint density at radius 1 is 1.15 bits per heavy atom. The lowest BCUT2D eigenvalue weighted by Gasteiger charge is -2.41. The Kier molecular flexibility index (Phi) is 4.26. The minimum absolute atomic E-state index is 0.0176. The summed E-state index contributed by atoms with van der Waals surface area (Å²) in [7, 11) is 0. The quantitative estimate of drug-likeness (QED) is 0.697. The van der Waals surface area contributed by atoms with Crippen molar-refractivity contribution < 1.29 is 14.6 Å². The van der Waals surface area contributed by atoms with Crippen LogP contribution >= 0.6 is 11.6 Å². The summed E-state index contributed by atoms with van der Waals surface area (Å²) in [5, 5.41) is 9.98. The number of nitrogens with zero attached hydrogens (tertiary/aromatic N) is 3. The highest BCUT2D eigenvalue weighted by Gasteiger charge is 2.31. The van der Waals surface area contributed by atoms with Gasteiger partial charge in [0.05, 0.1) is 36.2 Å². The number of hydrogen-bond acceptors (Lipinski definition) is 4. The Bertz CT molecular complexity index is 920. The average Bonchev–Trinajstić information content (AvgIpc) is 3.13. The highest BCUT2D eigenvalue weighted by molar-refractivity contribution is 6.29. The van der Waals surface area contributed by atoms with Gasteiger partial charge in [-0.05, 0) is 36.4 Å². The maximum atomic E-state index is 11.7. The molecule has 0 radical (unpaired) electrons. The van der Waals surface area contributed by atoms with E-state index < -0.39 is 5.97 Å². The first-order valence-corrected chi connectivity index (χ1v) is 8.52. The molecule has 0 spiro atoms. The third-order valence-electron chi connectivity index (χ3n) is 4.30. The van der Waals surface area contributed by atoms with Gasteiger partial charge in [-0.3, -0.25) is 0 Å². The Morgan fingerprint density at radius 2 is 1.92 bits per heavy atom. The topological polar surface area (TPSA) is 67.6 Å². The van der Waals surface area contributed by atoms with Crippen LogP contribution in [0.2, 0.25) is 5.15 Å². The smallest absolute Gasteiger partial charge is 0.337 e. The Morgan fingerprint density at radius 3 is 2.58 bits per heavy atom. The summed E-state index contributed by atoms with van der Waals surface area (Å²) in [6, 6.07) is 12.5. The molecule has 1 fully saturated rings. The fourth-order valence-electron chi connectivity index (χ4n) is 3.05. The number of benzene rings is 1. The van der Waals surface area contributed by atoms with Crippen molar-refractivity contribution in [3.8, 4) is 11.4 Å². The molecule has 132 valence electrons. The van der Waals surface area contributed by atoms with Crippen LogP contribution in [0.4, 0.5) is 5.69 Å². The van der Waals surface area contributed by atoms with Gasteiger partial charge in [0.15, 0.2) is 0 Å². The first-order chi connectivity index (χ1) is 12.6. The summed E-state index contributed by atoms with van der Waals surface area (Å²) in [6.07, 6.45) is 5.31. The minimum Gasteiger partial charge on any atom is -0.485 e. The zero-order chi connectivity index (χ0) is 18.1. The van der Waals surface area contributed by atoms with E-state index in [4.69, 9.17) is 16.3 Å². The van der Waals surface area contributed by atoms with E-state index in [0.717, 1.165) is 5.69 Å². The van der Waals surface area contributed by atoms with E-state index in [1.165, 1.54) is 0 Å². The number of rotatable bonds is 5. The number of pyridine rings is 1. The maximum absolute atomic E-state index is 11.7. The molecule has 4 rings (SSSR count). The molecular formula is C19H16ClN3O3. The van der Waals surface area contributed by atoms with Gasteiger partial charge in [-0.2, -0.15) is 0 Å². The van der Waals surface area contributed by atoms with Gasteiger partial charge < -0.3 is 19.3 Å². The zero-order valence-electron chi connectivity index (χ0n) is 13.7. The van der Waals surface area contributed by atoms with Gasteiger partial charge >= 0.3 is 5.97 Å². The van der Waals surface area contributed by atoms with E-state index in [1.807, 2.05) is 35.2 Å². The molecule has 1 N–H and O–H groups in total. The van der Waals surface area contributed by atoms with Gasteiger partial charge in [0.2, 0.25) is 0 Å². The second kappa shape index (κ2) is 6.72. The van der Waals surface area contributed by atoms with Gasteiger partial charge in [-0.1, -0.05) is 17.7 Å². The number of carboxylic acid groups (broad SMARTS) is 1. The highest BCUT2D eigenvalue weighted by atomic mass is 35.5. The number of halogens is 1. The van der Waals surface area contributed by atoms with Crippen molar-refractivity contribution in [2.24, 2.45) is 0 Å². The summed E-state index contributed by atoms with van der Waals surface area (Å²) in [4.78, 5) is 17.8. The van der Waals surface area contributed by atoms with Gasteiger partial charge in [0, 0.05) is 12.4 Å². The van der Waals surface area contributed by atoms with E-state index in [0.29, 0.717) is 29.7 Å². The third kappa shape index (κ3) is 3.11. The largest absolute Gasteiger partial charge is 0.485 e. The van der Waals surface area contributed by atoms with Crippen molar-refractivity contribution in [2.75, 3.05) is 18.0 Å². The Hall–Kier alpha value is -2.99. The molecule has 1 aliphatic heterocycles. The van der Waals surface area contributed by atoms with E-state index in [2.05, 4.69) is 9.88 Å². The SMILES string of the molecule is O=C(O)c1cccc(N2CC(Oc3ccc(Cl)nc3)C2)c1-n1cccc1. The molecule has 1 aromatic carbocycles. The second-order valence-electron chi connectivity index (χ2n) is 6.03. The van der Waals surface area contributed by atoms with Gasteiger partial charge in [0.1, 0.15) is 17.0 Å². The molecule has 0 saturated carbocycles. The third-order valence-corrected chi connectivity index (χ3v) is 4.52. The Balaban J connectivity index is 1.55. The number of aromatic carboxylic acids is 1. The average molecular weight is 370 g/mol. The number of carboxylic acids is 1. The fourth-order valence-corrected chi connectivity index (χ4v) is 3.16. The zero-order valence-corrected chi connectivity index (χ0v) is 14.5. The van der Waals surface area contributed by atoms with Crippen molar-refractivity contribution in [1.29, 1.82) is 0 Å². The first kappa shape index (κ1) is 16.5. The van der Waals surface area contributed by atoms with Crippen molar-refractivity contribution in [1.82, 2.24) is 9.55 Å². The minimum atomic E-state index is -0.948. The lowest BCUT2D eigenvalue weighted by atomic mass is 10.1. The van der Waals surface area contributed by atoms with E-state index in [1.54, 1.807) is 30.5 Å². The van der Waals surface area contributed by atoms with E-state index in [-0.39, 0.29) is 11.7 Å². The molecule has 0 amide bonds. The van der Waals surface area contributed by atoms with Crippen LogP contribution in [0.15, 0.2) is 61.1 Å². The van der Waals surface area contributed by atoms with Gasteiger partial charge in [0.25, 0.3) is 0 Å². The molecule has 1 saturated heterocycles. The molecule has 1 aliphatic rings. The standard InChI is InChI=1S/C19H16ClN3O3/c20-17-7-6-13(10-21-17)26-14-11-23(12-14)16-5-3-4-15(19(24)25)18(16)22-8-1-2-9-22/h1-10,14H,11-12H2,(H,24,25). The molecule has 6 nitrogen and oxygen atoms in total. The molecule has 3 aromatic rings. The monoisotopic (exact) mass is 369 g/mol. The van der Waals surface area contributed by atoms with Crippen LogP contribution in [-0.2, 0) is 0 Å². The first-order valence-electron chi connectivity index (χ1n) is 8.14. The predicted molar refractivity (Wildman–Crippen MR) is 98.6 cm³/mol. The van der Waals surface area contributed by atoms with Gasteiger partial charge in [-0.25, -0.2) is 9.78 Å². The summed E-state index contributed by atoms with van der Waals surface area (Å²) in [6.45, 7) is 1.33. The molecule has 26 heavy (non-hydrogen) atoms. The van der Waals surface area contributed by atoms with E-state index >= 15 is 0 Å². The molecule has 2 aromatic heterocycles. The molecule has 0 atom stereocenters. The number of carbonyl (C=O) groups is 1. The van der Waals surface area contributed by atoms with Crippen LogP contribution in [0.1, 0.15) is 10.4 Å². The molecule has 3 heterocycles. The van der Waals surface area contributed by atoms with Crippen LogP contribution in [0.25, 0.3) is 5.69 Å². The van der Waals surface area contributed by atoms with Crippen molar-refractivity contribution in [3.63, 3.8) is 0 Å². The molecule has 0 aliphatic carbocycles. The summed E-state index contributed by atoms with van der Waals surface area (Å²) in [5.74, 6) is -0.278. The van der Waals surface area contributed by atoms with Crippen molar-refractivity contribution >= 4 is 23.3 Å². The maximum Gasteiger partial charge on any atom is 0.337 e. The summed E-state index contributed by atoms with van der Waals surface area (Å²) < 4.78 is 7.71. The Labute approximate surface area is 155 Å². The molecule has 0 unspecified atom stereocenters. The predicted octanol–water partition coefficient (Wildman–Crippen LogP) is 3.49. The fraction of sp³-hybridized carbons (Fsp3) is 0.158. The number of hydrogen-bond donors (Lipinski definition) is 1. The summed E-state index contributed by atoms with van der Waals surface area (Å²) >= 11 is 5.78. The molecule has 0 bridgehead atoms. The van der Waals surface area contributed by atoms with Crippen LogP contribution < -0.4 is 9.64 Å². The molecule has 7 heteroatoms. The normalized spacial score (nSPS) is 14.1. The van der Waals surface area contributed by atoms with Crippen molar-refractivity contribution in [2.45, 2.75) is 6.10 Å². The van der Waals surface area contributed by atoms with E-state index in [9.17, 15) is 9.90 Å². The lowest BCUT2D eigenvalue weighted by molar-refractivity contribution is 0.0697. The number of para-hydroxylation sites is 1. The lowest BCUT2D eigenvalue weighted by Crippen LogP contribution is -2.54. The van der Waals surface area contributed by atoms with Crippen molar-refractivity contribution in [3.05, 3.63) is 71.8 Å². The van der Waals surface area contributed by atoms with Gasteiger partial charge in [-0.15, -0.1) is 0 Å². The molecular weight excluding hydrogens is 354 g/mol. The van der Waals surface area contributed by atoms with Crippen LogP contribution in [0.3, 0.4) is 0 Å². The number of ether oxygens (including phenoxy) is 1. The van der Waals surface area contributed by atoms with Crippen LogP contribution in [0, 0.1) is 0 Å². The van der Waals surface area contributed by atoms with Crippen LogP contribution in [-0.4, -0.2) is 39.8 Å². The highest BCUT2D eigenvalue weighted by Crippen LogP contribution is 2.32. The van der Waals surface area contributed by atoms with Crippen LogP contribution in [0.5, 0.6) is 5.75 Å². The number of aromatic nitrogens is 2. The second-order valence-corrected chi connectivity index (χ2v) is 6.42. The number of anilines is 1. The summed E-state index contributed by atoms with van der Waals surface area (Å²) in [5.41, 5.74) is 1.80.